The molecule has 6 heterocycles. The molecule has 6 aromatic heterocycles. The van der Waals surface area contributed by atoms with Crippen molar-refractivity contribution >= 4 is 120 Å². The highest BCUT2D eigenvalue weighted by molar-refractivity contribution is 6.32. The molecule has 0 aliphatic rings. The van der Waals surface area contributed by atoms with E-state index in [1.165, 1.54) is 55.3 Å². The summed E-state index contributed by atoms with van der Waals surface area (Å²) >= 11 is 27.9. The number of rotatable bonds is 16. The quantitative estimate of drug-likeness (QED) is 0.0107. The fourth-order valence-corrected chi connectivity index (χ4v) is 7.34. The number of nitrogens with zero attached hydrogens (tertiary/aromatic N) is 8. The minimum Gasteiger partial charge on any atom is -0.508 e. The van der Waals surface area contributed by atoms with E-state index < -0.39 is 24.1 Å². The number of carbonyl (C=O) groups is 8. The number of benzene rings is 6. The van der Waals surface area contributed by atoms with E-state index in [9.17, 15) is 38.4 Å². The Balaban J connectivity index is 0.000000335. The topological polar surface area (TPSA) is 520 Å². The number of aromatic nitrogens is 6. The first kappa shape index (κ1) is 92.7. The van der Waals surface area contributed by atoms with Gasteiger partial charge in [-0.05, 0) is 217 Å². The Morgan fingerprint density at radius 1 is 0.319 bits per heavy atom. The zero-order valence-corrected chi connectivity index (χ0v) is 62.4. The number of nitrogens with one attached hydrogen (secondary N) is 4. The molecule has 0 aliphatic carbocycles. The summed E-state index contributed by atoms with van der Waals surface area (Å²) in [6.45, 7) is 0. The van der Waals surface area contributed by atoms with Gasteiger partial charge < -0.3 is 52.1 Å². The standard InChI is InChI=1S/C13H11ClN4O2.C13H12N4O2.C12H8ClNO2.C12H9NO2.2C7H6O2.C5H3Cl2N.C5H4ClN.2CH5N3O/c14-10-3-6-12(16-8-10)20-11-4-1-9(2-5-11)7-17-18-13(15)19;14-13(18)17-16-9-10-1-3-11(4-2-10)19-12-5-7-15-8-6-12;13-10-3-6-12(14-7-10)16-11-4-1-9(8-15)2-5-11;14-9-10-1-3-11(4-2-10)15-12-5-7-13-8-6-12;2*8-5-6-1-3-7(9)4-2-6;6-4-1-2-5(7)8-3-4;6-5-1-3-7-4-2-5;2*2-1(5)4-3/h1-8H,(H3,15,18,19);1-9H,(H3,14,17,18);1-8H;1-9H;2*1-5,9H;1-3H;1-4H;2*3H2,(H3,2,4,5)/b17-7+;16-9+;;;;;;;;. The third-order valence-corrected chi connectivity index (χ3v) is 13.0. The van der Waals surface area contributed by atoms with Gasteiger partial charge in [-0.3, -0.25) is 45.0 Å². The number of primary amides is 4. The summed E-state index contributed by atoms with van der Waals surface area (Å²) in [5, 5.41) is 27.7. The van der Waals surface area contributed by atoms with Gasteiger partial charge in [-0.25, -0.2) is 56.7 Å². The number of hydrogen-bond acceptors (Lipinski definition) is 24. The number of amides is 8. The molecule has 0 aliphatic heterocycles. The van der Waals surface area contributed by atoms with Crippen LogP contribution in [-0.4, -0.2) is 102 Å². The van der Waals surface area contributed by atoms with Crippen LogP contribution in [0.15, 0.2) is 284 Å². The Bertz CT molecular complexity index is 4710. The third kappa shape index (κ3) is 45.7. The molecule has 0 atom stereocenters. The molecular weight excluding hydrogens is 1570 g/mol. The molecule has 12 aromatic rings. The van der Waals surface area contributed by atoms with E-state index in [0.717, 1.165) is 47.0 Å². The van der Waals surface area contributed by atoms with Crippen LogP contribution in [0, 0.1) is 0 Å². The Morgan fingerprint density at radius 3 is 0.805 bits per heavy atom. The second kappa shape index (κ2) is 55.8. The molecular formula is C76H69Cl5N18O14. The molecule has 0 radical (unpaired) electrons. The van der Waals surface area contributed by atoms with Crippen molar-refractivity contribution in [2.75, 3.05) is 0 Å². The Kier molecular flexibility index (Phi) is 45.8. The number of phenols is 2. The zero-order valence-electron chi connectivity index (χ0n) is 58.7. The first-order chi connectivity index (χ1) is 54.4. The number of ether oxygens (including phenoxy) is 4. The van der Waals surface area contributed by atoms with Crippen LogP contribution in [0.1, 0.15) is 52.6 Å². The Labute approximate surface area is 670 Å². The normalized spacial score (nSPS) is 9.44. The SMILES string of the molecule is Clc1ccc(Cl)nc1.Clc1ccncc1.NC(=O)N/N=C/c1ccc(Oc2ccc(Cl)cn2)cc1.NC(=O)N/N=C/c1ccc(Oc2ccncc2)cc1.NNC(N)=O.NNC(N)=O.O=Cc1ccc(O)cc1.O=Cc1ccc(O)cc1.O=Cc1ccc(Oc2ccc(Cl)cn2)cc1.O=Cc1ccc(Oc2ccncc2)cc1. The van der Waals surface area contributed by atoms with Gasteiger partial charge in [-0.1, -0.05) is 58.0 Å². The lowest BCUT2D eigenvalue weighted by atomic mass is 10.2. The number of nitrogens with two attached hydrogens (primary N) is 6. The van der Waals surface area contributed by atoms with Crippen LogP contribution in [-0.2, 0) is 0 Å². The van der Waals surface area contributed by atoms with Crippen molar-refractivity contribution < 1.29 is 67.5 Å². The van der Waals surface area contributed by atoms with E-state index in [1.807, 2.05) is 12.1 Å². The van der Waals surface area contributed by atoms with E-state index in [1.54, 1.807) is 230 Å². The number of urea groups is 4. The van der Waals surface area contributed by atoms with Gasteiger partial charge in [0.15, 0.2) is 0 Å². The van der Waals surface area contributed by atoms with Gasteiger partial charge in [-0.2, -0.15) is 10.2 Å². The average molecular weight is 1640 g/mol. The van der Waals surface area contributed by atoms with Crippen molar-refractivity contribution in [3.8, 4) is 57.8 Å². The number of hydrazone groups is 2. The number of phenolic OH excluding ortho intramolecular Hbond substituents is 2. The summed E-state index contributed by atoms with van der Waals surface area (Å²) in [6, 6.07) is 57.9. The van der Waals surface area contributed by atoms with Crippen LogP contribution >= 0.6 is 58.0 Å². The van der Waals surface area contributed by atoms with E-state index in [-0.39, 0.29) is 11.5 Å². The van der Waals surface area contributed by atoms with Crippen LogP contribution in [0.5, 0.6) is 57.8 Å². The minimum atomic E-state index is -0.718. The molecule has 0 spiro atoms. The molecule has 12 rings (SSSR count). The van der Waals surface area contributed by atoms with Gasteiger partial charge in [0.1, 0.15) is 76.3 Å². The molecule has 18 N–H and O–H groups in total. The summed E-state index contributed by atoms with van der Waals surface area (Å²) in [7, 11) is 0. The van der Waals surface area contributed by atoms with Crippen LogP contribution in [0.25, 0.3) is 0 Å². The van der Waals surface area contributed by atoms with Crippen LogP contribution in [0.4, 0.5) is 19.2 Å². The van der Waals surface area contributed by atoms with Crippen molar-refractivity contribution in [3.05, 3.63) is 333 Å². The molecule has 113 heavy (non-hydrogen) atoms. The first-order valence-corrected chi connectivity index (χ1v) is 33.4. The number of aromatic hydroxyl groups is 2. The lowest BCUT2D eigenvalue weighted by molar-refractivity contribution is 0.111. The molecule has 37 heteroatoms. The summed E-state index contributed by atoms with van der Waals surface area (Å²) in [5.74, 6) is 14.3. The summed E-state index contributed by atoms with van der Waals surface area (Å²) in [4.78, 5) is 104. The molecule has 0 bridgehead atoms. The second-order valence-electron chi connectivity index (χ2n) is 20.3. The molecule has 32 nitrogen and oxygen atoms in total. The highest BCUT2D eigenvalue weighted by Crippen LogP contribution is 2.25. The van der Waals surface area contributed by atoms with E-state index in [4.69, 9.17) is 98.6 Å². The average Bonchev–Trinajstić information content (AvgIpc) is 0.895. The molecule has 8 amide bonds. The van der Waals surface area contributed by atoms with Crippen molar-refractivity contribution in [1.29, 1.82) is 0 Å². The van der Waals surface area contributed by atoms with Gasteiger partial charge >= 0.3 is 24.1 Å². The van der Waals surface area contributed by atoms with Gasteiger partial charge in [-0.15, -0.1) is 0 Å². The highest BCUT2D eigenvalue weighted by atomic mass is 35.5. The van der Waals surface area contributed by atoms with Gasteiger partial charge in [0.2, 0.25) is 11.8 Å². The fraction of sp³-hybridized carbons (Fsp3) is 0. The third-order valence-electron chi connectivity index (χ3n) is 11.9. The molecule has 0 saturated carbocycles. The van der Waals surface area contributed by atoms with Crippen molar-refractivity contribution in [1.82, 2.24) is 51.6 Å². The number of hydrazine groups is 2. The summed E-state index contributed by atoms with van der Waals surface area (Å²) in [5.41, 5.74) is 30.1. The molecule has 0 saturated heterocycles. The molecule has 0 unspecified atom stereocenters. The van der Waals surface area contributed by atoms with Gasteiger partial charge in [0, 0.05) is 95.2 Å². The van der Waals surface area contributed by atoms with Crippen molar-refractivity contribution in [2.45, 2.75) is 0 Å². The lowest BCUT2D eigenvalue weighted by Gasteiger charge is -2.04. The maximum absolute atomic E-state index is 10.4. The first-order valence-electron chi connectivity index (χ1n) is 31.5. The number of hydrogen-bond donors (Lipinski definition) is 12. The van der Waals surface area contributed by atoms with E-state index in [2.05, 4.69) is 74.1 Å². The number of aldehydes is 4. The maximum Gasteiger partial charge on any atom is 0.332 e. The smallest absolute Gasteiger partial charge is 0.332 e. The predicted octanol–water partition coefficient (Wildman–Crippen LogP) is 14.0. The predicted molar refractivity (Wildman–Crippen MR) is 429 cm³/mol. The van der Waals surface area contributed by atoms with Crippen molar-refractivity contribution in [2.24, 2.45) is 44.8 Å². The minimum absolute atomic E-state index is 0.181. The molecule has 0 fully saturated rings. The zero-order chi connectivity index (χ0) is 82.8. The number of pyridine rings is 6. The Morgan fingerprint density at radius 2 is 0.575 bits per heavy atom. The number of carbonyl (C=O) groups excluding carboxylic acids is 8. The van der Waals surface area contributed by atoms with Crippen LogP contribution < -0.4 is 75.3 Å². The fourth-order valence-electron chi connectivity index (χ4n) is 6.78. The van der Waals surface area contributed by atoms with Crippen molar-refractivity contribution in [3.63, 3.8) is 0 Å². The summed E-state index contributed by atoms with van der Waals surface area (Å²) in [6.07, 6.45) is 20.5. The van der Waals surface area contributed by atoms with E-state index >= 15 is 0 Å². The van der Waals surface area contributed by atoms with Crippen LogP contribution in [0.3, 0.4) is 0 Å². The van der Waals surface area contributed by atoms with Crippen LogP contribution in [0.2, 0.25) is 25.2 Å². The highest BCUT2D eigenvalue weighted by Gasteiger charge is 2.03. The molecule has 582 valence electrons. The lowest BCUT2D eigenvalue weighted by Crippen LogP contribution is -2.34. The molecule has 6 aromatic carbocycles. The monoisotopic (exact) mass is 1630 g/mol. The van der Waals surface area contributed by atoms with Gasteiger partial charge in [0.25, 0.3) is 0 Å². The summed E-state index contributed by atoms with van der Waals surface area (Å²) < 4.78 is 22.1. The van der Waals surface area contributed by atoms with Gasteiger partial charge in [0.05, 0.1) is 27.5 Å². The largest absolute Gasteiger partial charge is 0.508 e. The Hall–Kier alpha value is -14.5. The van der Waals surface area contributed by atoms with E-state index in [0.29, 0.717) is 83.0 Å². The number of halogens is 5. The maximum atomic E-state index is 10.4. The second-order valence-corrected chi connectivity index (χ2v) is 22.4.